The molecule has 1 fully saturated rings. The highest BCUT2D eigenvalue weighted by molar-refractivity contribution is 5.92. The predicted octanol–water partition coefficient (Wildman–Crippen LogP) is 2.01. The fourth-order valence-corrected chi connectivity index (χ4v) is 2.11. The first-order valence-corrected chi connectivity index (χ1v) is 6.70. The highest BCUT2D eigenvalue weighted by atomic mass is 19.3. The maximum Gasteiger partial charge on any atom is 0.269 e. The number of rotatable bonds is 6. The zero-order valence-corrected chi connectivity index (χ0v) is 11.6. The van der Waals surface area contributed by atoms with Crippen molar-refractivity contribution >= 4 is 5.91 Å². The topological polar surface area (TPSA) is 56.2 Å². The van der Waals surface area contributed by atoms with Gasteiger partial charge in [0.05, 0.1) is 12.7 Å². The Balaban J connectivity index is 1.69. The molecule has 0 atom stereocenters. The zero-order valence-electron chi connectivity index (χ0n) is 11.6. The van der Waals surface area contributed by atoms with Crippen molar-refractivity contribution in [3.05, 3.63) is 18.0 Å². The number of hydrogen-bond donors (Lipinski definition) is 1. The SMILES string of the molecule is CC(C)n1nccc1C(=O)NCCOC1CC(F)(F)C1. The highest BCUT2D eigenvalue weighted by Gasteiger charge is 2.45. The van der Waals surface area contributed by atoms with Crippen LogP contribution < -0.4 is 5.32 Å². The largest absolute Gasteiger partial charge is 0.376 e. The van der Waals surface area contributed by atoms with E-state index < -0.39 is 5.92 Å². The molecule has 0 aliphatic heterocycles. The first kappa shape index (κ1) is 14.9. The van der Waals surface area contributed by atoms with E-state index in [4.69, 9.17) is 4.74 Å². The van der Waals surface area contributed by atoms with Gasteiger partial charge in [-0.1, -0.05) is 0 Å². The van der Waals surface area contributed by atoms with Crippen LogP contribution in [0.25, 0.3) is 0 Å². The van der Waals surface area contributed by atoms with Gasteiger partial charge >= 0.3 is 0 Å². The first-order valence-electron chi connectivity index (χ1n) is 6.70. The molecule has 20 heavy (non-hydrogen) atoms. The van der Waals surface area contributed by atoms with Gasteiger partial charge in [-0.05, 0) is 19.9 Å². The summed E-state index contributed by atoms with van der Waals surface area (Å²) in [4.78, 5) is 11.9. The molecule has 1 saturated carbocycles. The molecule has 5 nitrogen and oxygen atoms in total. The Hall–Kier alpha value is -1.50. The summed E-state index contributed by atoms with van der Waals surface area (Å²) in [6.07, 6.45) is 0.743. The predicted molar refractivity (Wildman–Crippen MR) is 68.9 cm³/mol. The Labute approximate surface area is 116 Å². The maximum atomic E-state index is 12.6. The Morgan fingerprint density at radius 1 is 1.60 bits per heavy atom. The average Bonchev–Trinajstić information content (AvgIpc) is 2.81. The summed E-state index contributed by atoms with van der Waals surface area (Å²) in [6.45, 7) is 4.40. The minimum absolute atomic E-state index is 0.0965. The van der Waals surface area contributed by atoms with Gasteiger partial charge in [0.25, 0.3) is 11.8 Å². The van der Waals surface area contributed by atoms with Gasteiger partial charge in [-0.3, -0.25) is 9.48 Å². The molecule has 0 unspecified atom stereocenters. The monoisotopic (exact) mass is 287 g/mol. The van der Waals surface area contributed by atoms with E-state index in [1.165, 1.54) is 0 Å². The summed E-state index contributed by atoms with van der Waals surface area (Å²) >= 11 is 0. The Kier molecular flexibility index (Phi) is 4.37. The number of hydrogen-bond acceptors (Lipinski definition) is 3. The molecule has 1 aliphatic rings. The number of nitrogens with zero attached hydrogens (tertiary/aromatic N) is 2. The van der Waals surface area contributed by atoms with Crippen LogP contribution >= 0.6 is 0 Å². The van der Waals surface area contributed by atoms with Crippen LogP contribution in [-0.2, 0) is 4.74 Å². The lowest BCUT2D eigenvalue weighted by atomic mass is 9.91. The highest BCUT2D eigenvalue weighted by Crippen LogP contribution is 2.39. The second-order valence-corrected chi connectivity index (χ2v) is 5.27. The second kappa shape index (κ2) is 5.87. The molecule has 1 heterocycles. The van der Waals surface area contributed by atoms with Crippen LogP contribution in [0.2, 0.25) is 0 Å². The molecule has 0 saturated heterocycles. The number of halogens is 2. The molecule has 0 spiro atoms. The Bertz CT molecular complexity index is 466. The van der Waals surface area contributed by atoms with Crippen LogP contribution in [0.4, 0.5) is 8.78 Å². The van der Waals surface area contributed by atoms with E-state index in [2.05, 4.69) is 10.4 Å². The molecule has 1 N–H and O–H groups in total. The molecule has 0 aromatic carbocycles. The van der Waals surface area contributed by atoms with E-state index in [-0.39, 0.29) is 37.5 Å². The normalized spacial score (nSPS) is 18.1. The first-order chi connectivity index (χ1) is 9.39. The van der Waals surface area contributed by atoms with Gasteiger partial charge in [0.15, 0.2) is 0 Å². The summed E-state index contributed by atoms with van der Waals surface area (Å²) in [5.74, 6) is -2.81. The molecule has 112 valence electrons. The third-order valence-corrected chi connectivity index (χ3v) is 3.19. The van der Waals surface area contributed by atoms with Crippen molar-refractivity contribution in [1.29, 1.82) is 0 Å². The second-order valence-electron chi connectivity index (χ2n) is 5.27. The number of nitrogens with one attached hydrogen (secondary N) is 1. The molecule has 1 amide bonds. The summed E-state index contributed by atoms with van der Waals surface area (Å²) in [5, 5.41) is 6.77. The standard InChI is InChI=1S/C13H19F2N3O2/c1-9(2)18-11(3-4-17-18)12(19)16-5-6-20-10-7-13(14,15)8-10/h3-4,9-10H,5-8H2,1-2H3,(H,16,19). The quantitative estimate of drug-likeness (QED) is 0.814. The Morgan fingerprint density at radius 2 is 2.30 bits per heavy atom. The van der Waals surface area contributed by atoms with Crippen LogP contribution in [0.1, 0.15) is 43.2 Å². The van der Waals surface area contributed by atoms with E-state index in [0.29, 0.717) is 12.2 Å². The average molecular weight is 287 g/mol. The van der Waals surface area contributed by atoms with E-state index >= 15 is 0 Å². The van der Waals surface area contributed by atoms with Crippen LogP contribution in [0.15, 0.2) is 12.3 Å². The van der Waals surface area contributed by atoms with Crippen molar-refractivity contribution in [3.63, 3.8) is 0 Å². The van der Waals surface area contributed by atoms with Crippen molar-refractivity contribution in [2.75, 3.05) is 13.2 Å². The summed E-state index contributed by atoms with van der Waals surface area (Å²) in [7, 11) is 0. The van der Waals surface area contributed by atoms with Crippen molar-refractivity contribution in [2.45, 2.75) is 44.8 Å². The van der Waals surface area contributed by atoms with Gasteiger partial charge < -0.3 is 10.1 Å². The molecule has 7 heteroatoms. The van der Waals surface area contributed by atoms with Crippen LogP contribution in [-0.4, -0.2) is 40.9 Å². The lowest BCUT2D eigenvalue weighted by molar-refractivity contribution is -0.164. The van der Waals surface area contributed by atoms with Crippen LogP contribution in [0.5, 0.6) is 0 Å². The molecule has 1 aliphatic carbocycles. The fraction of sp³-hybridized carbons (Fsp3) is 0.692. The van der Waals surface area contributed by atoms with Crippen LogP contribution in [0.3, 0.4) is 0 Å². The molecule has 1 aromatic heterocycles. The van der Waals surface area contributed by atoms with E-state index in [1.54, 1.807) is 16.9 Å². The van der Waals surface area contributed by atoms with E-state index in [0.717, 1.165) is 0 Å². The Morgan fingerprint density at radius 3 is 2.90 bits per heavy atom. The lowest BCUT2D eigenvalue weighted by Gasteiger charge is -2.34. The minimum Gasteiger partial charge on any atom is -0.376 e. The number of amides is 1. The zero-order chi connectivity index (χ0) is 14.8. The third kappa shape index (κ3) is 3.53. The number of carbonyl (C=O) groups excluding carboxylic acids is 1. The van der Waals surface area contributed by atoms with Crippen molar-refractivity contribution in [2.24, 2.45) is 0 Å². The van der Waals surface area contributed by atoms with Gasteiger partial charge in [0.1, 0.15) is 5.69 Å². The molecule has 0 bridgehead atoms. The smallest absolute Gasteiger partial charge is 0.269 e. The van der Waals surface area contributed by atoms with Crippen molar-refractivity contribution in [3.8, 4) is 0 Å². The summed E-state index contributed by atoms with van der Waals surface area (Å²) < 4.78 is 32.0. The van der Waals surface area contributed by atoms with Crippen LogP contribution in [0, 0.1) is 0 Å². The number of alkyl halides is 2. The number of ether oxygens (including phenoxy) is 1. The third-order valence-electron chi connectivity index (χ3n) is 3.19. The van der Waals surface area contributed by atoms with Crippen molar-refractivity contribution < 1.29 is 18.3 Å². The van der Waals surface area contributed by atoms with Gasteiger partial charge in [-0.15, -0.1) is 0 Å². The maximum absolute atomic E-state index is 12.6. The number of carbonyl (C=O) groups is 1. The molecule has 2 rings (SSSR count). The van der Waals surface area contributed by atoms with Gasteiger partial charge in [-0.25, -0.2) is 8.78 Å². The van der Waals surface area contributed by atoms with Gasteiger partial charge in [0, 0.05) is 31.6 Å². The minimum atomic E-state index is -2.57. The lowest BCUT2D eigenvalue weighted by Crippen LogP contribution is -2.42. The molecular weight excluding hydrogens is 268 g/mol. The van der Waals surface area contributed by atoms with Crippen molar-refractivity contribution in [1.82, 2.24) is 15.1 Å². The summed E-state index contributed by atoms with van der Waals surface area (Å²) in [6, 6.07) is 1.74. The summed E-state index contributed by atoms with van der Waals surface area (Å²) in [5.41, 5.74) is 0.482. The molecule has 1 aromatic rings. The fourth-order valence-electron chi connectivity index (χ4n) is 2.11. The van der Waals surface area contributed by atoms with E-state index in [9.17, 15) is 13.6 Å². The number of aromatic nitrogens is 2. The molecular formula is C13H19F2N3O2. The molecule has 0 radical (unpaired) electrons. The van der Waals surface area contributed by atoms with Gasteiger partial charge in [0.2, 0.25) is 0 Å². The van der Waals surface area contributed by atoms with E-state index in [1.807, 2.05) is 13.8 Å². The van der Waals surface area contributed by atoms with Gasteiger partial charge in [-0.2, -0.15) is 5.10 Å².